The van der Waals surface area contributed by atoms with Crippen molar-refractivity contribution in [3.8, 4) is 6.07 Å². The lowest BCUT2D eigenvalue weighted by molar-refractivity contribution is -0.0400. The lowest BCUT2D eigenvalue weighted by atomic mass is 9.75. The van der Waals surface area contributed by atoms with Crippen LogP contribution in [0.3, 0.4) is 0 Å². The molecule has 20 heavy (non-hydrogen) atoms. The molecule has 1 rings (SSSR count). The number of nitrogens with one attached hydrogen (secondary N) is 1. The summed E-state index contributed by atoms with van der Waals surface area (Å²) in [4.78, 5) is 0. The molecule has 1 N–H and O–H groups in total. The van der Waals surface area contributed by atoms with Crippen LogP contribution in [-0.4, -0.2) is 24.8 Å². The zero-order valence-corrected chi connectivity index (χ0v) is 13.9. The maximum atomic E-state index is 9.13. The van der Waals surface area contributed by atoms with Crippen molar-refractivity contribution in [2.45, 2.75) is 78.5 Å². The van der Waals surface area contributed by atoms with Crippen molar-refractivity contribution in [3.05, 3.63) is 0 Å². The van der Waals surface area contributed by atoms with Crippen molar-refractivity contribution in [2.24, 2.45) is 17.8 Å². The van der Waals surface area contributed by atoms with Gasteiger partial charge in [-0.3, -0.25) is 5.32 Å². The minimum atomic E-state index is -0.0893. The summed E-state index contributed by atoms with van der Waals surface area (Å²) in [6.45, 7) is 11.8. The van der Waals surface area contributed by atoms with Crippen molar-refractivity contribution in [3.63, 3.8) is 0 Å². The molecule has 1 aliphatic rings. The Hall–Kier alpha value is -0.590. The van der Waals surface area contributed by atoms with Gasteiger partial charge in [0, 0.05) is 12.6 Å². The third-order valence-corrected chi connectivity index (χ3v) is 4.39. The smallest absolute Gasteiger partial charge is 0.0976 e. The Bertz CT molecular complexity index is 309. The van der Waals surface area contributed by atoms with E-state index in [1.54, 1.807) is 0 Å². The largest absolute Gasteiger partial charge is 0.378 e. The second kappa shape index (κ2) is 8.64. The van der Waals surface area contributed by atoms with Gasteiger partial charge in [0.1, 0.15) is 0 Å². The summed E-state index contributed by atoms with van der Waals surface area (Å²) in [5, 5.41) is 12.4. The van der Waals surface area contributed by atoms with Crippen molar-refractivity contribution in [1.82, 2.24) is 5.32 Å². The molecule has 3 heteroatoms. The Morgan fingerprint density at radius 1 is 1.25 bits per heavy atom. The Labute approximate surface area is 125 Å². The molecule has 4 atom stereocenters. The van der Waals surface area contributed by atoms with Gasteiger partial charge in [-0.05, 0) is 50.9 Å². The Morgan fingerprint density at radius 3 is 2.50 bits per heavy atom. The quantitative estimate of drug-likeness (QED) is 0.772. The summed E-state index contributed by atoms with van der Waals surface area (Å²) in [6, 6.07) is 2.58. The topological polar surface area (TPSA) is 45.0 Å². The molecule has 3 nitrogen and oxygen atoms in total. The molecule has 0 amide bonds. The molecule has 1 fully saturated rings. The molecule has 0 aromatic carbocycles. The first-order valence-corrected chi connectivity index (χ1v) is 8.21. The lowest BCUT2D eigenvalue weighted by Gasteiger charge is -2.37. The van der Waals surface area contributed by atoms with Gasteiger partial charge in [0.05, 0.1) is 18.2 Å². The Kier molecular flexibility index (Phi) is 7.55. The van der Waals surface area contributed by atoms with Gasteiger partial charge in [0.2, 0.25) is 0 Å². The zero-order valence-electron chi connectivity index (χ0n) is 13.9. The van der Waals surface area contributed by atoms with Crippen LogP contribution in [-0.2, 0) is 4.74 Å². The summed E-state index contributed by atoms with van der Waals surface area (Å²) in [5.74, 6) is 2.15. The minimum Gasteiger partial charge on any atom is -0.378 e. The SMILES string of the molecule is CC1CCC(C(C)C)C(OCCC(C#N)NC(C)C)C1. The van der Waals surface area contributed by atoms with Crippen LogP contribution in [0.1, 0.15) is 60.3 Å². The van der Waals surface area contributed by atoms with Gasteiger partial charge in [-0.2, -0.15) is 5.26 Å². The van der Waals surface area contributed by atoms with Gasteiger partial charge in [0.25, 0.3) is 0 Å². The first-order valence-electron chi connectivity index (χ1n) is 8.21. The molecule has 0 spiro atoms. The molecular formula is C17H32N2O. The molecule has 0 heterocycles. The molecule has 0 radical (unpaired) electrons. The van der Waals surface area contributed by atoms with E-state index >= 15 is 0 Å². The number of nitrogens with zero attached hydrogens (tertiary/aromatic N) is 1. The Morgan fingerprint density at radius 2 is 1.95 bits per heavy atom. The predicted molar refractivity (Wildman–Crippen MR) is 83.4 cm³/mol. The average molecular weight is 280 g/mol. The molecule has 1 aliphatic carbocycles. The summed E-state index contributed by atoms with van der Waals surface area (Å²) in [7, 11) is 0. The molecular weight excluding hydrogens is 248 g/mol. The van der Waals surface area contributed by atoms with E-state index in [1.807, 2.05) is 0 Å². The maximum absolute atomic E-state index is 9.13. The van der Waals surface area contributed by atoms with Gasteiger partial charge in [-0.25, -0.2) is 0 Å². The van der Waals surface area contributed by atoms with Crippen LogP contribution in [0.4, 0.5) is 0 Å². The van der Waals surface area contributed by atoms with Crippen LogP contribution in [0.15, 0.2) is 0 Å². The Balaban J connectivity index is 2.39. The third-order valence-electron chi connectivity index (χ3n) is 4.39. The maximum Gasteiger partial charge on any atom is 0.0976 e. The number of ether oxygens (including phenoxy) is 1. The van der Waals surface area contributed by atoms with E-state index in [4.69, 9.17) is 10.00 Å². The fraction of sp³-hybridized carbons (Fsp3) is 0.941. The summed E-state index contributed by atoms with van der Waals surface area (Å²) >= 11 is 0. The first-order chi connectivity index (χ1) is 9.43. The standard InChI is InChI=1S/C17H32N2O/c1-12(2)16-7-6-14(5)10-17(16)20-9-8-15(11-18)19-13(3)4/h12-17,19H,6-10H2,1-5H3. The predicted octanol–water partition coefficient (Wildman–Crippen LogP) is 3.74. The molecule has 116 valence electrons. The van der Waals surface area contributed by atoms with Crippen LogP contribution in [0.25, 0.3) is 0 Å². The summed E-state index contributed by atoms with van der Waals surface area (Å²) in [6.07, 6.45) is 4.97. The van der Waals surface area contributed by atoms with Gasteiger partial charge in [0.15, 0.2) is 0 Å². The fourth-order valence-corrected chi connectivity index (χ4v) is 3.23. The number of rotatable bonds is 7. The fourth-order valence-electron chi connectivity index (χ4n) is 3.23. The normalized spacial score (nSPS) is 28.6. The molecule has 0 saturated heterocycles. The highest BCUT2D eigenvalue weighted by molar-refractivity contribution is 4.90. The first kappa shape index (κ1) is 17.5. The van der Waals surface area contributed by atoms with Crippen LogP contribution >= 0.6 is 0 Å². The monoisotopic (exact) mass is 280 g/mol. The van der Waals surface area contributed by atoms with E-state index < -0.39 is 0 Å². The van der Waals surface area contributed by atoms with Crippen molar-refractivity contribution in [1.29, 1.82) is 5.26 Å². The van der Waals surface area contributed by atoms with E-state index in [9.17, 15) is 0 Å². The summed E-state index contributed by atoms with van der Waals surface area (Å²) < 4.78 is 6.15. The lowest BCUT2D eigenvalue weighted by Crippen LogP contribution is -2.37. The van der Waals surface area contributed by atoms with E-state index in [2.05, 4.69) is 46.0 Å². The number of hydrogen-bond acceptors (Lipinski definition) is 3. The van der Waals surface area contributed by atoms with Crippen molar-refractivity contribution >= 4 is 0 Å². The zero-order chi connectivity index (χ0) is 15.1. The molecule has 1 saturated carbocycles. The molecule has 0 aromatic heterocycles. The van der Waals surface area contributed by atoms with Gasteiger partial charge >= 0.3 is 0 Å². The third kappa shape index (κ3) is 5.81. The molecule has 0 aliphatic heterocycles. The second-order valence-electron chi connectivity index (χ2n) is 7.03. The highest BCUT2D eigenvalue weighted by Crippen LogP contribution is 2.35. The number of hydrogen-bond donors (Lipinski definition) is 1. The van der Waals surface area contributed by atoms with Crippen LogP contribution in [0.5, 0.6) is 0 Å². The average Bonchev–Trinajstić information content (AvgIpc) is 2.36. The van der Waals surface area contributed by atoms with Crippen LogP contribution in [0, 0.1) is 29.1 Å². The van der Waals surface area contributed by atoms with Crippen molar-refractivity contribution < 1.29 is 4.74 Å². The van der Waals surface area contributed by atoms with Gasteiger partial charge < -0.3 is 4.74 Å². The van der Waals surface area contributed by atoms with Crippen LogP contribution < -0.4 is 5.32 Å². The second-order valence-corrected chi connectivity index (χ2v) is 7.03. The van der Waals surface area contributed by atoms with Gasteiger partial charge in [-0.15, -0.1) is 0 Å². The molecule has 0 bridgehead atoms. The minimum absolute atomic E-state index is 0.0893. The van der Waals surface area contributed by atoms with Crippen molar-refractivity contribution in [2.75, 3.05) is 6.61 Å². The van der Waals surface area contributed by atoms with E-state index in [1.165, 1.54) is 19.3 Å². The highest BCUT2D eigenvalue weighted by Gasteiger charge is 2.31. The summed E-state index contributed by atoms with van der Waals surface area (Å²) in [5.41, 5.74) is 0. The molecule has 4 unspecified atom stereocenters. The van der Waals surface area contributed by atoms with Crippen LogP contribution in [0.2, 0.25) is 0 Å². The van der Waals surface area contributed by atoms with E-state index in [0.29, 0.717) is 30.6 Å². The molecule has 0 aromatic rings. The highest BCUT2D eigenvalue weighted by atomic mass is 16.5. The van der Waals surface area contributed by atoms with E-state index in [-0.39, 0.29) is 6.04 Å². The van der Waals surface area contributed by atoms with Gasteiger partial charge in [-0.1, -0.05) is 27.2 Å². The number of nitriles is 1. The van der Waals surface area contributed by atoms with E-state index in [0.717, 1.165) is 12.3 Å².